The lowest BCUT2D eigenvalue weighted by atomic mass is 9.89. The van der Waals surface area contributed by atoms with Gasteiger partial charge in [0.15, 0.2) is 0 Å². The molecule has 1 aliphatic heterocycles. The second-order valence-corrected chi connectivity index (χ2v) is 6.98. The molecule has 0 saturated carbocycles. The summed E-state index contributed by atoms with van der Waals surface area (Å²) in [7, 11) is 0. The number of rotatable bonds is 1. The Hall–Kier alpha value is -0.990. The van der Waals surface area contributed by atoms with Crippen LogP contribution in [0.25, 0.3) is 0 Å². The van der Waals surface area contributed by atoms with Crippen molar-refractivity contribution in [3.05, 3.63) is 33.8 Å². The average molecular weight is 343 g/mol. The molecular weight excluding hydrogens is 326 g/mol. The van der Waals surface area contributed by atoms with Crippen LogP contribution in [0.2, 0.25) is 0 Å². The largest absolute Gasteiger partial charge is 0.297 e. The molecule has 0 amide bonds. The Morgan fingerprint density at radius 1 is 1.30 bits per heavy atom. The van der Waals surface area contributed by atoms with Crippen molar-refractivity contribution in [1.29, 1.82) is 5.26 Å². The first-order valence-electron chi connectivity index (χ1n) is 6.53. The standard InChI is InChI=1S/C15H17BrF2N2/c1-15(2,3)20-7-9(6-19)11(8-20)10-4-5-12(17)13(16)14(10)18/h4-5,9,11H,7-8H2,1-3H3/t9-,11-/m1/s1. The van der Waals surface area contributed by atoms with E-state index in [-0.39, 0.29) is 21.8 Å². The molecule has 20 heavy (non-hydrogen) atoms. The SMILES string of the molecule is CC(C)(C)N1C[C@@H](C#N)[C@H](c2ccc(F)c(Br)c2F)C1. The van der Waals surface area contributed by atoms with Gasteiger partial charge in [-0.2, -0.15) is 5.26 Å². The number of nitrogens with zero attached hydrogens (tertiary/aromatic N) is 2. The van der Waals surface area contributed by atoms with Crippen molar-refractivity contribution >= 4 is 15.9 Å². The molecule has 1 aromatic rings. The minimum atomic E-state index is -0.620. The highest BCUT2D eigenvalue weighted by Crippen LogP contribution is 2.38. The van der Waals surface area contributed by atoms with E-state index in [1.54, 1.807) is 0 Å². The van der Waals surface area contributed by atoms with Gasteiger partial charge in [0.2, 0.25) is 0 Å². The Morgan fingerprint density at radius 2 is 1.95 bits per heavy atom. The molecule has 0 radical (unpaired) electrons. The van der Waals surface area contributed by atoms with Crippen LogP contribution < -0.4 is 0 Å². The zero-order valence-corrected chi connectivity index (χ0v) is 13.3. The van der Waals surface area contributed by atoms with Crippen molar-refractivity contribution in [2.75, 3.05) is 13.1 Å². The molecule has 0 unspecified atom stereocenters. The normalized spacial score (nSPS) is 23.9. The van der Waals surface area contributed by atoms with Gasteiger partial charge in [-0.25, -0.2) is 8.78 Å². The minimum Gasteiger partial charge on any atom is -0.297 e. The topological polar surface area (TPSA) is 27.0 Å². The summed E-state index contributed by atoms with van der Waals surface area (Å²) in [6.07, 6.45) is 0. The van der Waals surface area contributed by atoms with Gasteiger partial charge in [-0.05, 0) is 48.3 Å². The van der Waals surface area contributed by atoms with Crippen LogP contribution in [0.4, 0.5) is 8.78 Å². The van der Waals surface area contributed by atoms with Gasteiger partial charge in [0.05, 0.1) is 16.5 Å². The molecule has 0 aliphatic carbocycles. The van der Waals surface area contributed by atoms with Crippen LogP contribution in [0.15, 0.2) is 16.6 Å². The first kappa shape index (κ1) is 15.4. The number of likely N-dealkylation sites (tertiary alicyclic amines) is 1. The quantitative estimate of drug-likeness (QED) is 0.719. The molecule has 0 bridgehead atoms. The highest BCUT2D eigenvalue weighted by Gasteiger charge is 2.39. The van der Waals surface area contributed by atoms with E-state index in [0.717, 1.165) is 0 Å². The van der Waals surface area contributed by atoms with Crippen molar-refractivity contribution in [3.63, 3.8) is 0 Å². The van der Waals surface area contributed by atoms with E-state index >= 15 is 0 Å². The third-order valence-electron chi connectivity index (χ3n) is 3.90. The van der Waals surface area contributed by atoms with Crippen LogP contribution >= 0.6 is 15.9 Å². The molecule has 108 valence electrons. The smallest absolute Gasteiger partial charge is 0.143 e. The third kappa shape index (κ3) is 2.72. The van der Waals surface area contributed by atoms with Crippen LogP contribution in [0, 0.1) is 28.9 Å². The van der Waals surface area contributed by atoms with Gasteiger partial charge < -0.3 is 0 Å². The zero-order valence-electron chi connectivity index (χ0n) is 11.8. The Balaban J connectivity index is 2.38. The molecule has 0 aromatic heterocycles. The first-order valence-corrected chi connectivity index (χ1v) is 7.33. The lowest BCUT2D eigenvalue weighted by Crippen LogP contribution is -2.39. The van der Waals surface area contributed by atoms with E-state index in [9.17, 15) is 14.0 Å². The van der Waals surface area contributed by atoms with E-state index in [2.05, 4.69) is 47.7 Å². The monoisotopic (exact) mass is 342 g/mol. The number of nitriles is 1. The second-order valence-electron chi connectivity index (χ2n) is 6.18. The van der Waals surface area contributed by atoms with Crippen LogP contribution in [0.5, 0.6) is 0 Å². The molecule has 2 rings (SSSR count). The number of hydrogen-bond acceptors (Lipinski definition) is 2. The summed E-state index contributed by atoms with van der Waals surface area (Å²) in [5.74, 6) is -1.71. The molecule has 1 heterocycles. The van der Waals surface area contributed by atoms with E-state index in [0.29, 0.717) is 18.7 Å². The fourth-order valence-corrected chi connectivity index (χ4v) is 2.99. The molecule has 2 nitrogen and oxygen atoms in total. The molecule has 1 saturated heterocycles. The van der Waals surface area contributed by atoms with Crippen LogP contribution in [0.3, 0.4) is 0 Å². The van der Waals surface area contributed by atoms with Crippen molar-refractivity contribution in [2.24, 2.45) is 5.92 Å². The maximum absolute atomic E-state index is 14.2. The predicted octanol–water partition coefficient (Wildman–Crippen LogP) is 4.06. The van der Waals surface area contributed by atoms with E-state index in [4.69, 9.17) is 0 Å². The van der Waals surface area contributed by atoms with E-state index in [1.807, 2.05) is 0 Å². The van der Waals surface area contributed by atoms with E-state index < -0.39 is 11.6 Å². The summed E-state index contributed by atoms with van der Waals surface area (Å²) in [5, 5.41) is 9.31. The van der Waals surface area contributed by atoms with Crippen LogP contribution in [-0.4, -0.2) is 23.5 Å². The Bertz CT molecular complexity index is 560. The second kappa shape index (κ2) is 5.42. The fourth-order valence-electron chi connectivity index (χ4n) is 2.62. The van der Waals surface area contributed by atoms with Crippen molar-refractivity contribution in [3.8, 4) is 6.07 Å². The Morgan fingerprint density at radius 3 is 2.50 bits per heavy atom. The molecule has 1 aliphatic rings. The number of halogens is 3. The maximum Gasteiger partial charge on any atom is 0.143 e. The highest BCUT2D eigenvalue weighted by atomic mass is 79.9. The molecule has 1 aromatic carbocycles. The van der Waals surface area contributed by atoms with Crippen LogP contribution in [0.1, 0.15) is 32.3 Å². The predicted molar refractivity (Wildman–Crippen MR) is 77.2 cm³/mol. The summed E-state index contributed by atoms with van der Waals surface area (Å²) >= 11 is 2.93. The lowest BCUT2D eigenvalue weighted by Gasteiger charge is -2.31. The van der Waals surface area contributed by atoms with Gasteiger partial charge in [0, 0.05) is 24.5 Å². The molecule has 0 N–H and O–H groups in total. The number of benzene rings is 1. The summed E-state index contributed by atoms with van der Waals surface area (Å²) in [5.41, 5.74) is 0.342. The van der Waals surface area contributed by atoms with Gasteiger partial charge in [-0.1, -0.05) is 6.07 Å². The van der Waals surface area contributed by atoms with Gasteiger partial charge >= 0.3 is 0 Å². The lowest BCUT2D eigenvalue weighted by molar-refractivity contribution is 0.170. The minimum absolute atomic E-state index is 0.0718. The fraction of sp³-hybridized carbons (Fsp3) is 0.533. The molecule has 1 fully saturated rings. The third-order valence-corrected chi connectivity index (χ3v) is 4.63. The first-order chi connectivity index (χ1) is 9.25. The van der Waals surface area contributed by atoms with Crippen LogP contribution in [-0.2, 0) is 0 Å². The molecule has 2 atom stereocenters. The average Bonchev–Trinajstić information content (AvgIpc) is 2.80. The van der Waals surface area contributed by atoms with Gasteiger partial charge in [0.1, 0.15) is 11.6 Å². The maximum atomic E-state index is 14.2. The van der Waals surface area contributed by atoms with Gasteiger partial charge in [-0.3, -0.25) is 4.90 Å². The highest BCUT2D eigenvalue weighted by molar-refractivity contribution is 9.10. The molecule has 5 heteroatoms. The van der Waals surface area contributed by atoms with Crippen molar-refractivity contribution in [2.45, 2.75) is 32.2 Å². The molecule has 0 spiro atoms. The van der Waals surface area contributed by atoms with Gasteiger partial charge in [-0.15, -0.1) is 0 Å². The van der Waals surface area contributed by atoms with Crippen molar-refractivity contribution < 1.29 is 8.78 Å². The Kier molecular flexibility index (Phi) is 4.17. The molecular formula is C15H17BrF2N2. The van der Waals surface area contributed by atoms with Gasteiger partial charge in [0.25, 0.3) is 0 Å². The summed E-state index contributed by atoms with van der Waals surface area (Å²) in [4.78, 5) is 2.17. The van der Waals surface area contributed by atoms with E-state index in [1.165, 1.54) is 12.1 Å². The van der Waals surface area contributed by atoms with Crippen molar-refractivity contribution in [1.82, 2.24) is 4.90 Å². The summed E-state index contributed by atoms with van der Waals surface area (Å²) in [6, 6.07) is 4.96. The summed E-state index contributed by atoms with van der Waals surface area (Å²) in [6.45, 7) is 7.43. The summed E-state index contributed by atoms with van der Waals surface area (Å²) < 4.78 is 27.4. The zero-order chi connectivity index (χ0) is 15.1. The Labute approximate surface area is 126 Å². The number of hydrogen-bond donors (Lipinski definition) is 0.